The highest BCUT2D eigenvalue weighted by Gasteiger charge is 2.10. The van der Waals surface area contributed by atoms with Crippen LogP contribution in [-0.4, -0.2) is 12.6 Å². The normalized spacial score (nSPS) is 11.8. The molecule has 1 nitrogen and oxygen atoms in total. The maximum atomic E-state index is 5.26. The zero-order chi connectivity index (χ0) is 5.21. The molecule has 0 atom stereocenters. The van der Waals surface area contributed by atoms with Crippen LogP contribution in [0.2, 0.25) is 0 Å². The number of hydrogen-bond acceptors (Lipinski definition) is 1. The SMILES string of the molecule is BOC(C)(Cl)Cl. The van der Waals surface area contributed by atoms with E-state index in [4.69, 9.17) is 23.2 Å². The molecule has 0 aliphatic rings. The molecular formula is C2H5BCl2O. The Morgan fingerprint density at radius 3 is 1.83 bits per heavy atom. The Balaban J connectivity index is 3.17. The molecule has 0 bridgehead atoms. The zero-order valence-electron chi connectivity index (χ0n) is 3.66. The topological polar surface area (TPSA) is 9.23 Å². The smallest absolute Gasteiger partial charge is 0.261 e. The highest BCUT2D eigenvalue weighted by atomic mass is 35.5. The van der Waals surface area contributed by atoms with Gasteiger partial charge in [0.2, 0.25) is 4.52 Å². The second kappa shape index (κ2) is 2.06. The molecule has 0 aromatic carbocycles. The van der Waals surface area contributed by atoms with Crippen LogP contribution < -0.4 is 0 Å². The molecule has 0 unspecified atom stereocenters. The Morgan fingerprint density at radius 2 is 1.83 bits per heavy atom. The van der Waals surface area contributed by atoms with Gasteiger partial charge >= 0.3 is 0 Å². The quantitative estimate of drug-likeness (QED) is 0.372. The summed E-state index contributed by atoms with van der Waals surface area (Å²) < 4.78 is 3.45. The molecule has 0 aliphatic heterocycles. The van der Waals surface area contributed by atoms with E-state index < -0.39 is 4.52 Å². The van der Waals surface area contributed by atoms with Gasteiger partial charge in [-0.1, -0.05) is 23.2 Å². The molecule has 36 valence electrons. The van der Waals surface area contributed by atoms with E-state index in [1.165, 1.54) is 8.05 Å². The van der Waals surface area contributed by atoms with Crippen molar-refractivity contribution in [1.29, 1.82) is 0 Å². The van der Waals surface area contributed by atoms with Crippen LogP contribution in [0.4, 0.5) is 0 Å². The predicted molar refractivity (Wildman–Crippen MR) is 29.7 cm³/mol. The van der Waals surface area contributed by atoms with Gasteiger partial charge < -0.3 is 4.65 Å². The third kappa shape index (κ3) is 4.60. The summed E-state index contributed by atoms with van der Waals surface area (Å²) in [4.78, 5) is 0. The first-order chi connectivity index (χ1) is 2.56. The third-order valence-corrected chi connectivity index (χ3v) is 0.667. The van der Waals surface area contributed by atoms with Gasteiger partial charge in [-0.15, -0.1) is 0 Å². The van der Waals surface area contributed by atoms with E-state index in [2.05, 4.69) is 4.65 Å². The Labute approximate surface area is 48.0 Å². The molecule has 0 radical (unpaired) electrons. The molecule has 0 aromatic rings. The van der Waals surface area contributed by atoms with Gasteiger partial charge in [0.25, 0.3) is 8.05 Å². The van der Waals surface area contributed by atoms with E-state index in [0.29, 0.717) is 0 Å². The summed E-state index contributed by atoms with van der Waals surface area (Å²) >= 11 is 10.5. The van der Waals surface area contributed by atoms with Crippen LogP contribution in [0.3, 0.4) is 0 Å². The summed E-state index contributed by atoms with van der Waals surface area (Å²) in [6, 6.07) is 0. The van der Waals surface area contributed by atoms with E-state index in [-0.39, 0.29) is 0 Å². The summed E-state index contributed by atoms with van der Waals surface area (Å²) in [6.45, 7) is 1.55. The van der Waals surface area contributed by atoms with Gasteiger partial charge in [0.05, 0.1) is 0 Å². The van der Waals surface area contributed by atoms with Crippen LogP contribution in [0.5, 0.6) is 0 Å². The summed E-state index contributed by atoms with van der Waals surface area (Å²) in [5.41, 5.74) is 0. The van der Waals surface area contributed by atoms with E-state index in [1.807, 2.05) is 0 Å². The van der Waals surface area contributed by atoms with Gasteiger partial charge in [-0.25, -0.2) is 0 Å². The van der Waals surface area contributed by atoms with Crippen LogP contribution in [0.25, 0.3) is 0 Å². The molecule has 0 saturated carbocycles. The lowest BCUT2D eigenvalue weighted by molar-refractivity contribution is 0.290. The van der Waals surface area contributed by atoms with Crippen molar-refractivity contribution < 1.29 is 4.65 Å². The summed E-state index contributed by atoms with van der Waals surface area (Å²) in [7, 11) is 1.44. The van der Waals surface area contributed by atoms with Crippen molar-refractivity contribution in [1.82, 2.24) is 0 Å². The first-order valence-corrected chi connectivity index (χ1v) is 2.25. The summed E-state index contributed by atoms with van der Waals surface area (Å²) in [6.07, 6.45) is 0. The van der Waals surface area contributed by atoms with Gasteiger partial charge in [0.1, 0.15) is 0 Å². The van der Waals surface area contributed by atoms with Crippen LogP contribution in [0, 0.1) is 0 Å². The second-order valence-electron chi connectivity index (χ2n) is 1.01. The van der Waals surface area contributed by atoms with Crippen LogP contribution in [0.15, 0.2) is 0 Å². The minimum Gasteiger partial charge on any atom is -0.416 e. The first-order valence-electron chi connectivity index (χ1n) is 1.49. The van der Waals surface area contributed by atoms with Crippen molar-refractivity contribution in [2.45, 2.75) is 11.4 Å². The molecule has 0 fully saturated rings. The highest BCUT2D eigenvalue weighted by molar-refractivity contribution is 6.47. The van der Waals surface area contributed by atoms with E-state index in [1.54, 1.807) is 6.92 Å². The van der Waals surface area contributed by atoms with Crippen LogP contribution in [-0.2, 0) is 4.65 Å². The average molecular weight is 127 g/mol. The first kappa shape index (κ1) is 6.60. The number of rotatable bonds is 1. The maximum Gasteiger partial charge on any atom is 0.261 e. The molecule has 0 aromatic heterocycles. The minimum atomic E-state index is -1.01. The summed E-state index contributed by atoms with van der Waals surface area (Å²) in [5.74, 6) is 0. The average Bonchev–Trinajstić information content (AvgIpc) is 1.35. The largest absolute Gasteiger partial charge is 0.416 e. The second-order valence-corrected chi connectivity index (χ2v) is 2.65. The van der Waals surface area contributed by atoms with Crippen LogP contribution >= 0.6 is 23.2 Å². The summed E-state index contributed by atoms with van der Waals surface area (Å²) in [5, 5.41) is 0. The van der Waals surface area contributed by atoms with Crippen molar-refractivity contribution in [3.8, 4) is 0 Å². The molecule has 0 saturated heterocycles. The van der Waals surface area contributed by atoms with Gasteiger partial charge in [0, 0.05) is 0 Å². The molecule has 0 rings (SSSR count). The van der Waals surface area contributed by atoms with Gasteiger partial charge in [-0.2, -0.15) is 0 Å². The Bertz CT molecular complexity index is 41.3. The molecule has 4 heteroatoms. The number of alkyl halides is 2. The molecule has 0 N–H and O–H groups in total. The number of halogens is 2. The zero-order valence-corrected chi connectivity index (χ0v) is 5.18. The highest BCUT2D eigenvalue weighted by Crippen LogP contribution is 2.18. The van der Waals surface area contributed by atoms with Crippen molar-refractivity contribution in [2.75, 3.05) is 0 Å². The fraction of sp³-hybridized carbons (Fsp3) is 1.00. The van der Waals surface area contributed by atoms with Gasteiger partial charge in [0.15, 0.2) is 0 Å². The monoisotopic (exact) mass is 126 g/mol. The molecule has 6 heavy (non-hydrogen) atoms. The lowest BCUT2D eigenvalue weighted by atomic mass is 10.6. The Morgan fingerprint density at radius 1 is 1.67 bits per heavy atom. The van der Waals surface area contributed by atoms with Crippen molar-refractivity contribution >= 4 is 31.3 Å². The van der Waals surface area contributed by atoms with Crippen molar-refractivity contribution in [2.24, 2.45) is 0 Å². The third-order valence-electron chi connectivity index (χ3n) is 0.358. The standard InChI is InChI=1S/C2H5BCl2O/c1-2(4,5)6-3/h3H2,1H3. The van der Waals surface area contributed by atoms with E-state index in [9.17, 15) is 0 Å². The van der Waals surface area contributed by atoms with Crippen molar-refractivity contribution in [3.05, 3.63) is 0 Å². The van der Waals surface area contributed by atoms with Crippen LogP contribution in [0.1, 0.15) is 6.92 Å². The molecule has 0 amide bonds. The molecule has 0 aliphatic carbocycles. The Kier molecular flexibility index (Phi) is 2.26. The van der Waals surface area contributed by atoms with Crippen molar-refractivity contribution in [3.63, 3.8) is 0 Å². The minimum absolute atomic E-state index is 1.01. The predicted octanol–water partition coefficient (Wildman–Crippen LogP) is 0.702. The molecule has 0 heterocycles. The lowest BCUT2D eigenvalue weighted by Crippen LogP contribution is -2.08. The lowest BCUT2D eigenvalue weighted by Gasteiger charge is -2.08. The molecular weight excluding hydrogens is 122 g/mol. The molecule has 0 spiro atoms. The fourth-order valence-electron chi connectivity index (χ4n) is 0. The Hall–Kier alpha value is 0.605. The maximum absolute atomic E-state index is 5.26. The van der Waals surface area contributed by atoms with Gasteiger partial charge in [-0.3, -0.25) is 0 Å². The van der Waals surface area contributed by atoms with E-state index >= 15 is 0 Å². The fourth-order valence-corrected chi connectivity index (χ4v) is 0. The van der Waals surface area contributed by atoms with Gasteiger partial charge in [-0.05, 0) is 6.92 Å². The van der Waals surface area contributed by atoms with E-state index in [0.717, 1.165) is 0 Å². The number of hydrogen-bond donors (Lipinski definition) is 0.